The van der Waals surface area contributed by atoms with Crippen LogP contribution in [0.5, 0.6) is 11.5 Å². The average Bonchev–Trinajstić information content (AvgIpc) is 3.32. The van der Waals surface area contributed by atoms with Gasteiger partial charge in [-0.15, -0.1) is 0 Å². The van der Waals surface area contributed by atoms with Gasteiger partial charge in [-0.05, 0) is 71.5 Å². The van der Waals surface area contributed by atoms with Gasteiger partial charge in [0.05, 0.1) is 6.67 Å². The summed E-state index contributed by atoms with van der Waals surface area (Å²) in [5.74, 6) is 1.28. The highest BCUT2D eigenvalue weighted by atomic mass is 19.1. The van der Waals surface area contributed by atoms with Crippen molar-refractivity contribution in [2.75, 3.05) is 32.9 Å². The first kappa shape index (κ1) is 23.1. The summed E-state index contributed by atoms with van der Waals surface area (Å²) in [4.78, 5) is 2.28. The lowest BCUT2D eigenvalue weighted by atomic mass is 9.88. The number of nitrogens with zero attached hydrogens (tertiary/aromatic N) is 1. The van der Waals surface area contributed by atoms with Crippen molar-refractivity contribution in [1.82, 2.24) is 4.90 Å². The van der Waals surface area contributed by atoms with Crippen LogP contribution in [-0.2, 0) is 0 Å². The van der Waals surface area contributed by atoms with E-state index in [1.165, 1.54) is 11.1 Å². The van der Waals surface area contributed by atoms with Gasteiger partial charge in [0.2, 0.25) is 0 Å². The van der Waals surface area contributed by atoms with Gasteiger partial charge in [-0.1, -0.05) is 61.5 Å². The van der Waals surface area contributed by atoms with E-state index in [9.17, 15) is 9.50 Å². The predicted molar refractivity (Wildman–Crippen MR) is 133 cm³/mol. The lowest BCUT2D eigenvalue weighted by Gasteiger charge is -2.18. The molecule has 1 aliphatic rings. The Balaban J connectivity index is 1.55. The SMILES string of the molecule is CC/C(=C(\c1ccc(O)cc1)c1ccc(OCCN2CC[C@@H](CF)C2)cc1)c1ccccc1. The van der Waals surface area contributed by atoms with Gasteiger partial charge in [0.25, 0.3) is 0 Å². The van der Waals surface area contributed by atoms with Crippen LogP contribution in [0.15, 0.2) is 78.9 Å². The summed E-state index contributed by atoms with van der Waals surface area (Å²) < 4.78 is 18.8. The topological polar surface area (TPSA) is 32.7 Å². The van der Waals surface area contributed by atoms with E-state index in [-0.39, 0.29) is 18.3 Å². The summed E-state index contributed by atoms with van der Waals surface area (Å²) in [5, 5.41) is 9.79. The molecule has 1 heterocycles. The quantitative estimate of drug-likeness (QED) is 0.385. The van der Waals surface area contributed by atoms with Crippen molar-refractivity contribution in [2.24, 2.45) is 5.92 Å². The molecule has 0 bridgehead atoms. The van der Waals surface area contributed by atoms with Crippen LogP contribution in [0.25, 0.3) is 11.1 Å². The van der Waals surface area contributed by atoms with Crippen molar-refractivity contribution < 1.29 is 14.2 Å². The summed E-state index contributed by atoms with van der Waals surface area (Å²) >= 11 is 0. The Kier molecular flexibility index (Phi) is 7.79. The third kappa shape index (κ3) is 5.82. The van der Waals surface area contributed by atoms with Gasteiger partial charge in [0.1, 0.15) is 18.1 Å². The molecule has 0 unspecified atom stereocenters. The zero-order chi connectivity index (χ0) is 23.0. The minimum absolute atomic E-state index is 0.187. The van der Waals surface area contributed by atoms with Crippen molar-refractivity contribution in [2.45, 2.75) is 19.8 Å². The number of aromatic hydroxyl groups is 1. The van der Waals surface area contributed by atoms with Gasteiger partial charge in [-0.25, -0.2) is 0 Å². The van der Waals surface area contributed by atoms with Crippen LogP contribution in [0, 0.1) is 5.92 Å². The van der Waals surface area contributed by atoms with E-state index in [2.05, 4.69) is 48.2 Å². The molecule has 1 N–H and O–H groups in total. The van der Waals surface area contributed by atoms with Crippen molar-refractivity contribution in [3.63, 3.8) is 0 Å². The van der Waals surface area contributed by atoms with E-state index < -0.39 is 0 Å². The van der Waals surface area contributed by atoms with Gasteiger partial charge in [-0.2, -0.15) is 0 Å². The lowest BCUT2D eigenvalue weighted by Crippen LogP contribution is -2.26. The molecule has 0 radical (unpaired) electrons. The molecule has 172 valence electrons. The molecular formula is C29H32FNO2. The highest BCUT2D eigenvalue weighted by Crippen LogP contribution is 2.35. The smallest absolute Gasteiger partial charge is 0.119 e. The molecule has 0 spiro atoms. The fourth-order valence-corrected chi connectivity index (χ4v) is 4.56. The maximum absolute atomic E-state index is 12.8. The van der Waals surface area contributed by atoms with Crippen molar-refractivity contribution in [3.8, 4) is 11.5 Å². The normalized spacial score (nSPS) is 17.1. The fourth-order valence-electron chi connectivity index (χ4n) is 4.56. The lowest BCUT2D eigenvalue weighted by molar-refractivity contribution is 0.228. The number of benzene rings is 3. The number of phenolic OH excluding ortho intramolecular Hbond substituents is 1. The van der Waals surface area contributed by atoms with E-state index in [0.29, 0.717) is 6.61 Å². The van der Waals surface area contributed by atoms with E-state index in [1.54, 1.807) is 12.1 Å². The summed E-state index contributed by atoms with van der Waals surface area (Å²) in [5.41, 5.74) is 5.79. The summed E-state index contributed by atoms with van der Waals surface area (Å²) in [6, 6.07) is 26.1. The van der Waals surface area contributed by atoms with Crippen LogP contribution >= 0.6 is 0 Å². The van der Waals surface area contributed by atoms with Gasteiger partial charge in [0.15, 0.2) is 0 Å². The minimum Gasteiger partial charge on any atom is -0.508 e. The second kappa shape index (κ2) is 11.2. The number of hydrogen-bond acceptors (Lipinski definition) is 3. The van der Waals surface area contributed by atoms with Crippen LogP contribution in [-0.4, -0.2) is 42.9 Å². The molecule has 4 rings (SSSR count). The summed E-state index contributed by atoms with van der Waals surface area (Å²) in [7, 11) is 0. The van der Waals surface area contributed by atoms with E-state index in [4.69, 9.17) is 4.74 Å². The third-order valence-corrected chi connectivity index (χ3v) is 6.34. The molecule has 1 saturated heterocycles. The maximum atomic E-state index is 12.8. The van der Waals surface area contributed by atoms with E-state index >= 15 is 0 Å². The number of ether oxygens (including phenoxy) is 1. The molecule has 1 fully saturated rings. The van der Waals surface area contributed by atoms with Crippen LogP contribution in [0.4, 0.5) is 4.39 Å². The monoisotopic (exact) mass is 445 g/mol. The number of allylic oxidation sites excluding steroid dienone is 1. The van der Waals surface area contributed by atoms with Gasteiger partial charge < -0.3 is 9.84 Å². The Morgan fingerprint density at radius 2 is 1.61 bits per heavy atom. The third-order valence-electron chi connectivity index (χ3n) is 6.34. The molecule has 1 aliphatic heterocycles. The average molecular weight is 446 g/mol. The number of rotatable bonds is 9. The Morgan fingerprint density at radius 3 is 2.21 bits per heavy atom. The molecule has 1 atom stereocenters. The Morgan fingerprint density at radius 1 is 0.939 bits per heavy atom. The maximum Gasteiger partial charge on any atom is 0.119 e. The van der Waals surface area contributed by atoms with Crippen LogP contribution in [0.3, 0.4) is 0 Å². The first-order valence-corrected chi connectivity index (χ1v) is 11.8. The van der Waals surface area contributed by atoms with Crippen molar-refractivity contribution in [1.29, 1.82) is 0 Å². The zero-order valence-corrected chi connectivity index (χ0v) is 19.2. The van der Waals surface area contributed by atoms with E-state index in [1.807, 2.05) is 30.3 Å². The molecule has 3 nitrogen and oxygen atoms in total. The molecule has 4 heteroatoms. The standard InChI is InChI=1S/C29H32FNO2/c1-2-28(23-6-4-3-5-7-23)29(24-8-12-26(32)13-9-24)25-10-14-27(15-11-25)33-19-18-31-17-16-22(20-30)21-31/h3-15,22,32H,2,16-21H2,1H3/b29-28-/t22-/m0/s1. The molecule has 3 aromatic carbocycles. The fraction of sp³-hybridized carbons (Fsp3) is 0.310. The number of likely N-dealkylation sites (tertiary alicyclic amines) is 1. The van der Waals surface area contributed by atoms with Crippen molar-refractivity contribution >= 4 is 11.1 Å². The summed E-state index contributed by atoms with van der Waals surface area (Å²) in [6.07, 6.45) is 1.83. The number of halogens is 1. The highest BCUT2D eigenvalue weighted by Gasteiger charge is 2.21. The molecular weight excluding hydrogens is 413 g/mol. The predicted octanol–water partition coefficient (Wildman–Crippen LogP) is 6.43. The van der Waals surface area contributed by atoms with E-state index in [0.717, 1.165) is 54.9 Å². The van der Waals surface area contributed by atoms with Crippen LogP contribution < -0.4 is 4.74 Å². The van der Waals surface area contributed by atoms with Gasteiger partial charge >= 0.3 is 0 Å². The molecule has 0 amide bonds. The molecule has 0 aromatic heterocycles. The second-order valence-corrected chi connectivity index (χ2v) is 8.60. The number of alkyl halides is 1. The molecule has 3 aromatic rings. The number of phenols is 1. The summed E-state index contributed by atoms with van der Waals surface area (Å²) in [6.45, 7) is 5.16. The van der Waals surface area contributed by atoms with Crippen molar-refractivity contribution in [3.05, 3.63) is 95.6 Å². The molecule has 33 heavy (non-hydrogen) atoms. The first-order chi connectivity index (χ1) is 16.2. The highest BCUT2D eigenvalue weighted by molar-refractivity contribution is 5.98. The Labute approximate surface area is 196 Å². The molecule has 0 aliphatic carbocycles. The Hall–Kier alpha value is -3.11. The minimum atomic E-state index is -0.224. The zero-order valence-electron chi connectivity index (χ0n) is 19.2. The second-order valence-electron chi connectivity index (χ2n) is 8.60. The van der Waals surface area contributed by atoms with Gasteiger partial charge in [-0.3, -0.25) is 9.29 Å². The number of hydrogen-bond donors (Lipinski definition) is 1. The largest absolute Gasteiger partial charge is 0.508 e. The Bertz CT molecular complexity index is 1050. The van der Waals surface area contributed by atoms with Gasteiger partial charge in [0, 0.05) is 19.0 Å². The molecule has 0 saturated carbocycles. The first-order valence-electron chi connectivity index (χ1n) is 11.8. The van der Waals surface area contributed by atoms with Crippen LogP contribution in [0.1, 0.15) is 36.5 Å². The van der Waals surface area contributed by atoms with Crippen LogP contribution in [0.2, 0.25) is 0 Å².